The van der Waals surface area contributed by atoms with Gasteiger partial charge < -0.3 is 5.32 Å². The first-order valence-corrected chi connectivity index (χ1v) is 9.48. The number of halogens is 1. The Kier molecular flexibility index (Phi) is 6.74. The number of nitro groups is 1. The van der Waals surface area contributed by atoms with Crippen LogP contribution in [0.15, 0.2) is 77.9 Å². The summed E-state index contributed by atoms with van der Waals surface area (Å²) in [6.45, 7) is 1.70. The van der Waals surface area contributed by atoms with Gasteiger partial charge in [-0.3, -0.25) is 19.7 Å². The predicted molar refractivity (Wildman–Crippen MR) is 119 cm³/mol. The first-order chi connectivity index (χ1) is 14.8. The number of nitrogens with zero attached hydrogens (tertiary/aromatic N) is 2. The van der Waals surface area contributed by atoms with E-state index in [9.17, 15) is 19.7 Å². The van der Waals surface area contributed by atoms with Crippen molar-refractivity contribution in [3.63, 3.8) is 0 Å². The number of hydrogen-bond acceptors (Lipinski definition) is 5. The van der Waals surface area contributed by atoms with E-state index in [1.54, 1.807) is 55.5 Å². The van der Waals surface area contributed by atoms with Crippen molar-refractivity contribution >= 4 is 40.5 Å². The molecule has 0 aromatic heterocycles. The van der Waals surface area contributed by atoms with Crippen molar-refractivity contribution in [1.82, 2.24) is 5.43 Å². The quantitative estimate of drug-likeness (QED) is 0.332. The Morgan fingerprint density at radius 2 is 1.55 bits per heavy atom. The minimum Gasteiger partial charge on any atom is -0.322 e. The molecule has 0 radical (unpaired) electrons. The average molecular weight is 437 g/mol. The second kappa shape index (κ2) is 9.64. The molecule has 0 saturated heterocycles. The second-order valence-corrected chi connectivity index (χ2v) is 6.92. The van der Waals surface area contributed by atoms with Gasteiger partial charge in [0.2, 0.25) is 0 Å². The minimum absolute atomic E-state index is 0.131. The highest BCUT2D eigenvalue weighted by molar-refractivity contribution is 6.30. The van der Waals surface area contributed by atoms with Gasteiger partial charge in [0, 0.05) is 34.0 Å². The van der Waals surface area contributed by atoms with Gasteiger partial charge in [0.15, 0.2) is 0 Å². The van der Waals surface area contributed by atoms with Crippen LogP contribution in [0.4, 0.5) is 11.4 Å². The fourth-order valence-corrected chi connectivity index (χ4v) is 2.75. The summed E-state index contributed by atoms with van der Waals surface area (Å²) in [5, 5.41) is 18.2. The third-order valence-electron chi connectivity index (χ3n) is 4.31. The normalized spacial score (nSPS) is 11.0. The zero-order valence-electron chi connectivity index (χ0n) is 16.3. The van der Waals surface area contributed by atoms with Gasteiger partial charge >= 0.3 is 0 Å². The van der Waals surface area contributed by atoms with Crippen LogP contribution in [0.3, 0.4) is 0 Å². The Morgan fingerprint density at radius 3 is 2.19 bits per heavy atom. The van der Waals surface area contributed by atoms with Crippen LogP contribution in [-0.2, 0) is 0 Å². The minimum atomic E-state index is -0.571. The molecule has 0 aliphatic carbocycles. The third kappa shape index (κ3) is 5.74. The molecule has 3 rings (SSSR count). The second-order valence-electron chi connectivity index (χ2n) is 6.48. The number of carbonyl (C=O) groups is 2. The molecular formula is C22H17ClN4O4. The number of anilines is 1. The molecule has 0 aliphatic rings. The van der Waals surface area contributed by atoms with E-state index >= 15 is 0 Å². The molecule has 3 aromatic carbocycles. The third-order valence-corrected chi connectivity index (χ3v) is 4.56. The Labute approximate surface area is 182 Å². The van der Waals surface area contributed by atoms with E-state index in [0.717, 1.165) is 5.56 Å². The lowest BCUT2D eigenvalue weighted by molar-refractivity contribution is -0.384. The van der Waals surface area contributed by atoms with Gasteiger partial charge in [0.1, 0.15) is 0 Å². The molecule has 31 heavy (non-hydrogen) atoms. The van der Waals surface area contributed by atoms with Crippen LogP contribution in [0.5, 0.6) is 0 Å². The molecule has 3 aromatic rings. The van der Waals surface area contributed by atoms with Crippen LogP contribution in [0.2, 0.25) is 5.02 Å². The zero-order valence-corrected chi connectivity index (χ0v) is 17.1. The van der Waals surface area contributed by atoms with Gasteiger partial charge in [-0.1, -0.05) is 29.8 Å². The number of hydrogen-bond donors (Lipinski definition) is 2. The summed E-state index contributed by atoms with van der Waals surface area (Å²) < 4.78 is 0. The molecule has 9 heteroatoms. The van der Waals surface area contributed by atoms with Crippen LogP contribution in [0.1, 0.15) is 33.2 Å². The Bertz CT molecular complexity index is 1160. The Balaban J connectivity index is 1.63. The van der Waals surface area contributed by atoms with E-state index < -0.39 is 10.8 Å². The molecule has 0 heterocycles. The molecule has 8 nitrogen and oxygen atoms in total. The van der Waals surface area contributed by atoms with Crippen LogP contribution >= 0.6 is 11.6 Å². The van der Waals surface area contributed by atoms with Crippen LogP contribution in [0, 0.1) is 10.1 Å². The molecule has 0 aliphatic heterocycles. The lowest BCUT2D eigenvalue weighted by Crippen LogP contribution is -2.19. The molecule has 0 atom stereocenters. The number of hydrazone groups is 1. The SMILES string of the molecule is C/C(=N/NC(=O)c1cccc([N+](=O)[O-])c1)c1ccc(NC(=O)c2ccc(Cl)cc2)cc1. The number of non-ortho nitro benzene ring substituents is 1. The highest BCUT2D eigenvalue weighted by Gasteiger charge is 2.11. The van der Waals surface area contributed by atoms with Gasteiger partial charge in [-0.05, 0) is 55.0 Å². The fraction of sp³-hybridized carbons (Fsp3) is 0.0455. The topological polar surface area (TPSA) is 114 Å². The number of carbonyl (C=O) groups excluding carboxylic acids is 2. The lowest BCUT2D eigenvalue weighted by Gasteiger charge is -2.07. The van der Waals surface area contributed by atoms with Crippen molar-refractivity contribution in [3.05, 3.63) is 105 Å². The summed E-state index contributed by atoms with van der Waals surface area (Å²) in [5.41, 5.74) is 4.66. The van der Waals surface area contributed by atoms with E-state index in [0.29, 0.717) is 22.0 Å². The largest absolute Gasteiger partial charge is 0.322 e. The molecule has 0 unspecified atom stereocenters. The summed E-state index contributed by atoms with van der Waals surface area (Å²) >= 11 is 5.83. The van der Waals surface area contributed by atoms with Crippen LogP contribution in [0.25, 0.3) is 0 Å². The summed E-state index contributed by atoms with van der Waals surface area (Å²) in [6, 6.07) is 18.8. The number of amides is 2. The van der Waals surface area contributed by atoms with E-state index in [2.05, 4.69) is 15.8 Å². The Morgan fingerprint density at radius 1 is 0.903 bits per heavy atom. The van der Waals surface area contributed by atoms with Crippen molar-refractivity contribution in [2.75, 3.05) is 5.32 Å². The summed E-state index contributed by atoms with van der Waals surface area (Å²) in [5.74, 6) is -0.825. The highest BCUT2D eigenvalue weighted by atomic mass is 35.5. The van der Waals surface area contributed by atoms with Gasteiger partial charge in [-0.15, -0.1) is 0 Å². The molecule has 2 amide bonds. The van der Waals surface area contributed by atoms with E-state index in [4.69, 9.17) is 11.6 Å². The van der Waals surface area contributed by atoms with Gasteiger partial charge in [0.25, 0.3) is 17.5 Å². The first kappa shape index (κ1) is 21.7. The molecule has 0 bridgehead atoms. The first-order valence-electron chi connectivity index (χ1n) is 9.10. The summed E-state index contributed by atoms with van der Waals surface area (Å²) in [4.78, 5) is 34.7. The van der Waals surface area contributed by atoms with Gasteiger partial charge in [-0.25, -0.2) is 5.43 Å². The van der Waals surface area contributed by atoms with Crippen molar-refractivity contribution in [3.8, 4) is 0 Å². The molecule has 156 valence electrons. The molecular weight excluding hydrogens is 420 g/mol. The van der Waals surface area contributed by atoms with Crippen LogP contribution in [-0.4, -0.2) is 22.4 Å². The van der Waals surface area contributed by atoms with Gasteiger partial charge in [-0.2, -0.15) is 5.10 Å². The number of benzene rings is 3. The maximum absolute atomic E-state index is 12.3. The van der Waals surface area contributed by atoms with Crippen LogP contribution < -0.4 is 10.7 Å². The maximum atomic E-state index is 12.3. The Hall–Kier alpha value is -4.04. The molecule has 0 spiro atoms. The monoisotopic (exact) mass is 436 g/mol. The molecule has 2 N–H and O–H groups in total. The molecule has 0 saturated carbocycles. The maximum Gasteiger partial charge on any atom is 0.271 e. The molecule has 0 fully saturated rings. The summed E-state index contributed by atoms with van der Waals surface area (Å²) in [6.07, 6.45) is 0. The standard InChI is InChI=1S/C22H17ClN4O4/c1-14(25-26-22(29)17-3-2-4-20(13-17)27(30)31)15-7-11-19(12-8-15)24-21(28)16-5-9-18(23)10-6-16/h2-13H,1H3,(H,24,28)(H,26,29)/b25-14-. The van der Waals surface area contributed by atoms with E-state index in [1.165, 1.54) is 24.3 Å². The number of nitro benzene ring substituents is 1. The van der Waals surface area contributed by atoms with E-state index in [1.807, 2.05) is 0 Å². The predicted octanol–water partition coefficient (Wildman–Crippen LogP) is 4.65. The van der Waals surface area contributed by atoms with Crippen molar-refractivity contribution in [1.29, 1.82) is 0 Å². The number of rotatable bonds is 6. The zero-order chi connectivity index (χ0) is 22.4. The van der Waals surface area contributed by atoms with Crippen molar-refractivity contribution in [2.45, 2.75) is 6.92 Å². The van der Waals surface area contributed by atoms with Crippen molar-refractivity contribution in [2.24, 2.45) is 5.10 Å². The summed E-state index contributed by atoms with van der Waals surface area (Å²) in [7, 11) is 0. The lowest BCUT2D eigenvalue weighted by atomic mass is 10.1. The van der Waals surface area contributed by atoms with Gasteiger partial charge in [0.05, 0.1) is 10.6 Å². The smallest absolute Gasteiger partial charge is 0.271 e. The van der Waals surface area contributed by atoms with Crippen molar-refractivity contribution < 1.29 is 14.5 Å². The van der Waals surface area contributed by atoms with E-state index in [-0.39, 0.29) is 17.2 Å². The average Bonchev–Trinajstić information content (AvgIpc) is 2.78. The highest BCUT2D eigenvalue weighted by Crippen LogP contribution is 2.15. The number of nitrogens with one attached hydrogen (secondary N) is 2. The fourth-order valence-electron chi connectivity index (χ4n) is 2.62.